The number of hydrogen-bond donors (Lipinski definition) is 1. The molecule has 0 saturated heterocycles. The maximum absolute atomic E-state index is 13.6. The molecule has 1 aromatic rings. The summed E-state index contributed by atoms with van der Waals surface area (Å²) in [5.41, 5.74) is 0.308. The van der Waals surface area contributed by atoms with E-state index in [0.29, 0.717) is 12.1 Å². The van der Waals surface area contributed by atoms with Crippen LogP contribution in [0.4, 0.5) is 8.78 Å². The first kappa shape index (κ1) is 16.0. The Hall–Kier alpha value is -1.01. The van der Waals surface area contributed by atoms with E-state index in [0.717, 1.165) is 12.3 Å². The van der Waals surface area contributed by atoms with Crippen LogP contribution in [0, 0.1) is 11.6 Å². The van der Waals surface area contributed by atoms with Crippen molar-refractivity contribution >= 4 is 9.84 Å². The van der Waals surface area contributed by atoms with Crippen molar-refractivity contribution in [2.24, 2.45) is 0 Å². The number of rotatable bonds is 6. The molecule has 0 aliphatic rings. The average molecular weight is 291 g/mol. The van der Waals surface area contributed by atoms with Crippen LogP contribution in [-0.4, -0.2) is 32.5 Å². The minimum absolute atomic E-state index is 0.203. The van der Waals surface area contributed by atoms with Gasteiger partial charge in [-0.1, -0.05) is 13.0 Å². The first-order chi connectivity index (χ1) is 8.75. The third-order valence-corrected chi connectivity index (χ3v) is 4.84. The Morgan fingerprint density at radius 1 is 1.32 bits per heavy atom. The van der Waals surface area contributed by atoms with Crippen molar-refractivity contribution in [2.75, 3.05) is 12.8 Å². The molecule has 0 radical (unpaired) electrons. The van der Waals surface area contributed by atoms with Crippen molar-refractivity contribution in [3.63, 3.8) is 0 Å². The summed E-state index contributed by atoms with van der Waals surface area (Å²) < 4.78 is 49.6. The van der Waals surface area contributed by atoms with E-state index in [4.69, 9.17) is 0 Å². The standard InChI is InChI=1S/C13H19F2NO2S/c1-4-16-13(9(2)19(3,17)18)7-10-5-6-11(14)8-12(10)15/h5-6,8-9,13,16H,4,7H2,1-3H3. The lowest BCUT2D eigenvalue weighted by molar-refractivity contribution is 0.481. The number of likely N-dealkylation sites (N-methyl/N-ethyl adjacent to an activating group) is 1. The van der Waals surface area contributed by atoms with Gasteiger partial charge in [0.1, 0.15) is 11.6 Å². The highest BCUT2D eigenvalue weighted by Crippen LogP contribution is 2.15. The molecule has 0 spiro atoms. The summed E-state index contributed by atoms with van der Waals surface area (Å²) in [5.74, 6) is -1.29. The Kier molecular flexibility index (Phi) is 5.43. The summed E-state index contributed by atoms with van der Waals surface area (Å²) in [4.78, 5) is 0. The average Bonchev–Trinajstić information content (AvgIpc) is 2.29. The van der Waals surface area contributed by atoms with Crippen molar-refractivity contribution in [1.29, 1.82) is 0 Å². The number of halogens is 2. The lowest BCUT2D eigenvalue weighted by Gasteiger charge is -2.23. The maximum Gasteiger partial charge on any atom is 0.151 e. The van der Waals surface area contributed by atoms with Crippen molar-refractivity contribution in [1.82, 2.24) is 5.32 Å². The van der Waals surface area contributed by atoms with E-state index in [2.05, 4.69) is 5.32 Å². The lowest BCUT2D eigenvalue weighted by atomic mass is 10.0. The molecule has 1 rings (SSSR count). The van der Waals surface area contributed by atoms with Gasteiger partial charge in [-0.2, -0.15) is 0 Å². The van der Waals surface area contributed by atoms with Crippen LogP contribution in [0.5, 0.6) is 0 Å². The predicted octanol–water partition coefficient (Wildman–Crippen LogP) is 1.92. The van der Waals surface area contributed by atoms with Gasteiger partial charge in [0.05, 0.1) is 5.25 Å². The van der Waals surface area contributed by atoms with Crippen molar-refractivity contribution in [3.05, 3.63) is 35.4 Å². The summed E-state index contributed by atoms with van der Waals surface area (Å²) in [6.07, 6.45) is 1.36. The molecule has 0 saturated carbocycles. The highest BCUT2D eigenvalue weighted by molar-refractivity contribution is 7.91. The summed E-state index contributed by atoms with van der Waals surface area (Å²) in [5, 5.41) is 2.40. The smallest absolute Gasteiger partial charge is 0.151 e. The van der Waals surface area contributed by atoms with Crippen LogP contribution in [0.1, 0.15) is 19.4 Å². The van der Waals surface area contributed by atoms with Crippen LogP contribution in [0.3, 0.4) is 0 Å². The molecule has 108 valence electrons. The van der Waals surface area contributed by atoms with E-state index in [1.165, 1.54) is 12.1 Å². The fourth-order valence-corrected chi connectivity index (χ4v) is 2.68. The van der Waals surface area contributed by atoms with Crippen LogP contribution in [0.15, 0.2) is 18.2 Å². The summed E-state index contributed by atoms with van der Waals surface area (Å²) in [6.45, 7) is 4.01. The van der Waals surface area contributed by atoms with Gasteiger partial charge in [-0.3, -0.25) is 0 Å². The zero-order chi connectivity index (χ0) is 14.6. The van der Waals surface area contributed by atoms with Gasteiger partial charge in [-0.25, -0.2) is 17.2 Å². The number of nitrogens with one attached hydrogen (secondary N) is 1. The normalized spacial score (nSPS) is 15.2. The third kappa shape index (κ3) is 4.54. The molecular weight excluding hydrogens is 272 g/mol. The monoisotopic (exact) mass is 291 g/mol. The van der Waals surface area contributed by atoms with E-state index in [-0.39, 0.29) is 6.42 Å². The first-order valence-corrected chi connectivity index (χ1v) is 8.07. The summed E-state index contributed by atoms with van der Waals surface area (Å²) in [6, 6.07) is 2.93. The Morgan fingerprint density at radius 3 is 2.42 bits per heavy atom. The van der Waals surface area contributed by atoms with Gasteiger partial charge in [0.15, 0.2) is 9.84 Å². The van der Waals surface area contributed by atoms with Gasteiger partial charge in [0.2, 0.25) is 0 Å². The van der Waals surface area contributed by atoms with E-state index in [1.54, 1.807) is 6.92 Å². The molecule has 0 heterocycles. The molecular formula is C13H19F2NO2S. The van der Waals surface area contributed by atoms with E-state index in [9.17, 15) is 17.2 Å². The molecule has 2 atom stereocenters. The van der Waals surface area contributed by atoms with Crippen LogP contribution in [-0.2, 0) is 16.3 Å². The zero-order valence-corrected chi connectivity index (χ0v) is 12.1. The highest BCUT2D eigenvalue weighted by Gasteiger charge is 2.26. The van der Waals surface area contributed by atoms with Gasteiger partial charge in [-0.05, 0) is 31.5 Å². The van der Waals surface area contributed by atoms with Gasteiger partial charge < -0.3 is 5.32 Å². The fraction of sp³-hybridized carbons (Fsp3) is 0.538. The Labute approximate surface area is 112 Å². The molecule has 0 bridgehead atoms. The number of sulfone groups is 1. The minimum Gasteiger partial charge on any atom is -0.313 e. The maximum atomic E-state index is 13.6. The Balaban J connectivity index is 2.96. The fourth-order valence-electron chi connectivity index (χ4n) is 1.89. The minimum atomic E-state index is -3.22. The SMILES string of the molecule is CCNC(Cc1ccc(F)cc1F)C(C)S(C)(=O)=O. The second kappa shape index (κ2) is 6.43. The molecule has 1 aromatic carbocycles. The first-order valence-electron chi connectivity index (χ1n) is 6.12. The van der Waals surface area contributed by atoms with Crippen LogP contribution < -0.4 is 5.32 Å². The second-order valence-electron chi connectivity index (χ2n) is 4.64. The van der Waals surface area contributed by atoms with Crippen molar-refractivity contribution in [3.8, 4) is 0 Å². The Bertz CT molecular complexity index is 531. The quantitative estimate of drug-likeness (QED) is 0.871. The van der Waals surface area contributed by atoms with Crippen LogP contribution >= 0.6 is 0 Å². The topological polar surface area (TPSA) is 46.2 Å². The lowest BCUT2D eigenvalue weighted by Crippen LogP contribution is -2.43. The summed E-state index contributed by atoms with van der Waals surface area (Å²) >= 11 is 0. The van der Waals surface area contributed by atoms with Crippen LogP contribution in [0.2, 0.25) is 0 Å². The number of hydrogen-bond acceptors (Lipinski definition) is 3. The van der Waals surface area contributed by atoms with Gasteiger partial charge in [-0.15, -0.1) is 0 Å². The predicted molar refractivity (Wildman–Crippen MR) is 71.8 cm³/mol. The molecule has 6 heteroatoms. The van der Waals surface area contributed by atoms with Gasteiger partial charge >= 0.3 is 0 Å². The van der Waals surface area contributed by atoms with Crippen molar-refractivity contribution < 1.29 is 17.2 Å². The van der Waals surface area contributed by atoms with Crippen LogP contribution in [0.25, 0.3) is 0 Å². The molecule has 2 unspecified atom stereocenters. The zero-order valence-electron chi connectivity index (χ0n) is 11.3. The van der Waals surface area contributed by atoms with E-state index < -0.39 is 32.8 Å². The highest BCUT2D eigenvalue weighted by atomic mass is 32.2. The third-order valence-electron chi connectivity index (χ3n) is 3.16. The molecule has 0 fully saturated rings. The molecule has 0 aromatic heterocycles. The molecule has 0 aliphatic heterocycles. The Morgan fingerprint density at radius 2 is 1.95 bits per heavy atom. The van der Waals surface area contributed by atoms with Gasteiger partial charge in [0, 0.05) is 18.4 Å². The molecule has 1 N–H and O–H groups in total. The summed E-state index contributed by atoms with van der Waals surface area (Å²) in [7, 11) is -3.22. The molecule has 0 amide bonds. The van der Waals surface area contributed by atoms with Gasteiger partial charge in [0.25, 0.3) is 0 Å². The number of benzene rings is 1. The van der Waals surface area contributed by atoms with Crippen molar-refractivity contribution in [2.45, 2.75) is 31.6 Å². The van der Waals surface area contributed by atoms with E-state index >= 15 is 0 Å². The second-order valence-corrected chi connectivity index (χ2v) is 7.04. The molecule has 0 aliphatic carbocycles. The largest absolute Gasteiger partial charge is 0.313 e. The van der Waals surface area contributed by atoms with E-state index in [1.807, 2.05) is 6.92 Å². The molecule has 3 nitrogen and oxygen atoms in total. The molecule has 19 heavy (non-hydrogen) atoms.